The molecule has 7 nitrogen and oxygen atoms in total. The molecular formula is C21H25N5O2S. The van der Waals surface area contributed by atoms with Crippen LogP contribution in [0.3, 0.4) is 0 Å². The highest BCUT2D eigenvalue weighted by Crippen LogP contribution is 2.41. The van der Waals surface area contributed by atoms with Crippen molar-refractivity contribution in [3.05, 3.63) is 35.4 Å². The van der Waals surface area contributed by atoms with Crippen LogP contribution in [0.25, 0.3) is 0 Å². The molecule has 3 heterocycles. The number of nitrogens with zero attached hydrogens (tertiary/aromatic N) is 5. The van der Waals surface area contributed by atoms with E-state index in [2.05, 4.69) is 26.6 Å². The second-order valence-corrected chi connectivity index (χ2v) is 9.27. The molecule has 5 rings (SSSR count). The molecule has 29 heavy (non-hydrogen) atoms. The Morgan fingerprint density at radius 1 is 1.00 bits per heavy atom. The van der Waals surface area contributed by atoms with Gasteiger partial charge in [-0.1, -0.05) is 30.8 Å². The van der Waals surface area contributed by atoms with Crippen LogP contribution >= 0.6 is 11.8 Å². The van der Waals surface area contributed by atoms with Crippen LogP contribution in [0.2, 0.25) is 0 Å². The molecule has 1 aliphatic carbocycles. The normalized spacial score (nSPS) is 19.9. The molecule has 0 spiro atoms. The first-order chi connectivity index (χ1) is 14.1. The largest absolute Gasteiger partial charge is 0.341 e. The smallest absolute Gasteiger partial charge is 0.261 e. The molecule has 0 atom stereocenters. The highest BCUT2D eigenvalue weighted by Gasteiger charge is 2.35. The van der Waals surface area contributed by atoms with Gasteiger partial charge in [-0.15, -0.1) is 10.2 Å². The molecule has 1 saturated carbocycles. The fourth-order valence-electron chi connectivity index (χ4n) is 4.11. The van der Waals surface area contributed by atoms with E-state index in [0.717, 1.165) is 30.1 Å². The quantitative estimate of drug-likeness (QED) is 0.537. The van der Waals surface area contributed by atoms with Crippen LogP contribution in [0.4, 0.5) is 5.95 Å². The molecule has 0 bridgehead atoms. The molecule has 2 aliphatic heterocycles. The van der Waals surface area contributed by atoms with Gasteiger partial charge in [-0.3, -0.25) is 19.1 Å². The van der Waals surface area contributed by atoms with E-state index in [1.165, 1.54) is 30.6 Å². The van der Waals surface area contributed by atoms with Crippen molar-refractivity contribution in [1.82, 2.24) is 19.7 Å². The molecule has 0 N–H and O–H groups in total. The average molecular weight is 412 g/mol. The Bertz CT molecular complexity index is 911. The number of carbonyl (C=O) groups is 2. The van der Waals surface area contributed by atoms with Crippen LogP contribution in [0.1, 0.15) is 59.4 Å². The molecule has 152 valence electrons. The van der Waals surface area contributed by atoms with Crippen LogP contribution in [-0.4, -0.2) is 56.9 Å². The predicted octanol–water partition coefficient (Wildman–Crippen LogP) is 3.24. The van der Waals surface area contributed by atoms with Crippen LogP contribution in [0.5, 0.6) is 0 Å². The second kappa shape index (κ2) is 7.48. The van der Waals surface area contributed by atoms with E-state index in [1.807, 2.05) is 0 Å². The summed E-state index contributed by atoms with van der Waals surface area (Å²) in [5.74, 6) is 1.99. The van der Waals surface area contributed by atoms with Gasteiger partial charge >= 0.3 is 0 Å². The number of carbonyl (C=O) groups excluding carboxylic acids is 2. The van der Waals surface area contributed by atoms with E-state index in [0.29, 0.717) is 29.5 Å². The van der Waals surface area contributed by atoms with Crippen LogP contribution < -0.4 is 4.90 Å². The van der Waals surface area contributed by atoms with E-state index >= 15 is 0 Å². The number of hydrogen-bond acceptors (Lipinski definition) is 6. The Hall–Kier alpha value is -2.35. The third-order valence-electron chi connectivity index (χ3n) is 6.05. The first-order valence-corrected chi connectivity index (χ1v) is 11.4. The van der Waals surface area contributed by atoms with Gasteiger partial charge in [-0.25, -0.2) is 0 Å². The van der Waals surface area contributed by atoms with Crippen molar-refractivity contribution >= 4 is 29.5 Å². The molecule has 0 radical (unpaired) electrons. The fraction of sp³-hybridized carbons (Fsp3) is 0.524. The lowest BCUT2D eigenvalue weighted by molar-refractivity contribution is 0.0664. The SMILES string of the molecule is CC1CCN(c2nnc(SCCN3C(=O)c4ccccc4C3=O)n2C2CC2)CC1. The van der Waals surface area contributed by atoms with Gasteiger partial charge in [0, 0.05) is 31.4 Å². The van der Waals surface area contributed by atoms with Crippen molar-refractivity contribution in [2.45, 2.75) is 43.8 Å². The standard InChI is InChI=1S/C21H25N5O2S/c1-14-8-10-24(11-9-14)20-22-23-21(26(20)15-6-7-15)29-13-12-25-18(27)16-4-2-3-5-17(16)19(25)28/h2-5,14-15H,6-13H2,1H3. The molecule has 3 aliphatic rings. The summed E-state index contributed by atoms with van der Waals surface area (Å²) < 4.78 is 2.28. The Balaban J connectivity index is 1.26. The van der Waals surface area contributed by atoms with E-state index in [1.54, 1.807) is 36.0 Å². The lowest BCUT2D eigenvalue weighted by Gasteiger charge is -2.31. The summed E-state index contributed by atoms with van der Waals surface area (Å²) in [6.45, 7) is 4.76. The van der Waals surface area contributed by atoms with Crippen LogP contribution in [-0.2, 0) is 0 Å². The summed E-state index contributed by atoms with van der Waals surface area (Å²) in [6, 6.07) is 7.52. The number of aromatic nitrogens is 3. The number of imide groups is 1. The molecule has 0 unspecified atom stereocenters. The Morgan fingerprint density at radius 2 is 1.66 bits per heavy atom. The summed E-state index contributed by atoms with van der Waals surface area (Å²) in [5, 5.41) is 9.87. The zero-order chi connectivity index (χ0) is 20.0. The van der Waals surface area contributed by atoms with Crippen molar-refractivity contribution in [2.24, 2.45) is 5.92 Å². The number of benzene rings is 1. The maximum atomic E-state index is 12.5. The first kappa shape index (κ1) is 18.7. The van der Waals surface area contributed by atoms with Gasteiger partial charge in [0.2, 0.25) is 5.95 Å². The number of amides is 2. The minimum absolute atomic E-state index is 0.196. The van der Waals surface area contributed by atoms with Gasteiger partial charge in [-0.2, -0.15) is 0 Å². The summed E-state index contributed by atoms with van der Waals surface area (Å²) in [5.41, 5.74) is 1.01. The number of rotatable bonds is 6. The number of thioether (sulfide) groups is 1. The minimum Gasteiger partial charge on any atom is -0.341 e. The topological polar surface area (TPSA) is 71.3 Å². The van der Waals surface area contributed by atoms with E-state index in [9.17, 15) is 9.59 Å². The average Bonchev–Trinajstić information content (AvgIpc) is 3.45. The number of piperidine rings is 1. The molecule has 2 aromatic rings. The zero-order valence-corrected chi connectivity index (χ0v) is 17.4. The van der Waals surface area contributed by atoms with Crippen molar-refractivity contribution in [2.75, 3.05) is 30.3 Å². The lowest BCUT2D eigenvalue weighted by atomic mass is 10.00. The molecule has 1 aromatic carbocycles. The van der Waals surface area contributed by atoms with Crippen molar-refractivity contribution in [3.63, 3.8) is 0 Å². The Morgan fingerprint density at radius 3 is 2.28 bits per heavy atom. The number of anilines is 1. The van der Waals surface area contributed by atoms with Gasteiger partial charge in [0.05, 0.1) is 11.1 Å². The first-order valence-electron chi connectivity index (χ1n) is 10.4. The third kappa shape index (κ3) is 3.43. The summed E-state index contributed by atoms with van der Waals surface area (Å²) in [4.78, 5) is 28.8. The van der Waals surface area contributed by atoms with Crippen molar-refractivity contribution in [3.8, 4) is 0 Å². The maximum Gasteiger partial charge on any atom is 0.261 e. The van der Waals surface area contributed by atoms with Crippen LogP contribution in [0.15, 0.2) is 29.4 Å². The molecular weight excluding hydrogens is 386 g/mol. The molecule has 2 fully saturated rings. The van der Waals surface area contributed by atoms with Gasteiger partial charge in [0.25, 0.3) is 11.8 Å². The van der Waals surface area contributed by atoms with E-state index < -0.39 is 0 Å². The second-order valence-electron chi connectivity index (χ2n) is 8.21. The molecule has 1 aromatic heterocycles. The van der Waals surface area contributed by atoms with Crippen molar-refractivity contribution in [1.29, 1.82) is 0 Å². The Kier molecular flexibility index (Phi) is 4.81. The van der Waals surface area contributed by atoms with Crippen molar-refractivity contribution < 1.29 is 9.59 Å². The van der Waals surface area contributed by atoms with Gasteiger partial charge in [0.1, 0.15) is 0 Å². The molecule has 1 saturated heterocycles. The Labute approximate surface area is 174 Å². The maximum absolute atomic E-state index is 12.5. The van der Waals surface area contributed by atoms with E-state index in [4.69, 9.17) is 0 Å². The van der Waals surface area contributed by atoms with Gasteiger partial charge < -0.3 is 4.90 Å². The highest BCUT2D eigenvalue weighted by atomic mass is 32.2. The van der Waals surface area contributed by atoms with E-state index in [-0.39, 0.29) is 11.8 Å². The predicted molar refractivity (Wildman–Crippen MR) is 111 cm³/mol. The summed E-state index contributed by atoms with van der Waals surface area (Å²) in [6.07, 6.45) is 4.72. The van der Waals surface area contributed by atoms with Crippen LogP contribution in [0, 0.1) is 5.92 Å². The van der Waals surface area contributed by atoms with Gasteiger partial charge in [-0.05, 0) is 43.7 Å². The monoisotopic (exact) mass is 411 g/mol. The number of fused-ring (bicyclic) bond motifs is 1. The van der Waals surface area contributed by atoms with Gasteiger partial charge in [0.15, 0.2) is 5.16 Å². The summed E-state index contributed by atoms with van der Waals surface area (Å²) >= 11 is 1.59. The molecule has 2 amide bonds. The third-order valence-corrected chi connectivity index (χ3v) is 6.97. The molecule has 8 heteroatoms. The number of hydrogen-bond donors (Lipinski definition) is 0. The fourth-order valence-corrected chi connectivity index (χ4v) is 5.04. The summed E-state index contributed by atoms with van der Waals surface area (Å²) in [7, 11) is 0. The minimum atomic E-state index is -0.196. The highest BCUT2D eigenvalue weighted by molar-refractivity contribution is 7.99. The lowest BCUT2D eigenvalue weighted by Crippen LogP contribution is -2.34. The zero-order valence-electron chi connectivity index (χ0n) is 16.6.